The van der Waals surface area contributed by atoms with E-state index in [4.69, 9.17) is 9.05 Å². The Morgan fingerprint density at radius 2 is 1.03 bits per heavy atom. The summed E-state index contributed by atoms with van der Waals surface area (Å²) in [5.41, 5.74) is 0. The summed E-state index contributed by atoms with van der Waals surface area (Å²) < 4.78 is 23.1. The maximum atomic E-state index is 12.0. The first kappa shape index (κ1) is 29.1. The van der Waals surface area contributed by atoms with Gasteiger partial charge in [0.25, 0.3) is 0 Å². The van der Waals surface area contributed by atoms with E-state index in [2.05, 4.69) is 27.9 Å². The predicted octanol–water partition coefficient (Wildman–Crippen LogP) is 7.09. The van der Waals surface area contributed by atoms with Crippen LogP contribution in [0.25, 0.3) is 0 Å². The third-order valence-corrected chi connectivity index (χ3v) is 6.59. The lowest BCUT2D eigenvalue weighted by molar-refractivity contribution is -0.890. The maximum Gasteiger partial charge on any atom is 0.472 e. The van der Waals surface area contributed by atoms with E-state index in [0.29, 0.717) is 6.61 Å². The zero-order chi connectivity index (χ0) is 21.8. The van der Waals surface area contributed by atoms with Crippen LogP contribution in [0.2, 0.25) is 0 Å². The summed E-state index contributed by atoms with van der Waals surface area (Å²) in [6, 6.07) is 0. The van der Waals surface area contributed by atoms with Crippen molar-refractivity contribution in [3.8, 4) is 0 Å². The first-order valence-electron chi connectivity index (χ1n) is 12.3. The minimum absolute atomic E-state index is 0.258. The standard InChI is InChI=1S/C23H50NO4P/c1-5-7-9-11-13-14-15-17-19-22-27-29(25,26)28-23-21-24(3,4)20-18-16-12-10-8-6-2/h5-23H2,1-4H3/p+1. The lowest BCUT2D eigenvalue weighted by atomic mass is 10.1. The van der Waals surface area contributed by atoms with Crippen molar-refractivity contribution in [2.24, 2.45) is 0 Å². The molecule has 0 aromatic carbocycles. The summed E-state index contributed by atoms with van der Waals surface area (Å²) in [5.74, 6) is 0. The Hall–Kier alpha value is 0.0700. The molecule has 1 N–H and O–H groups in total. The number of hydrogen-bond donors (Lipinski definition) is 1. The van der Waals surface area contributed by atoms with Crippen LogP contribution in [-0.2, 0) is 13.6 Å². The molecular weight excluding hydrogens is 385 g/mol. The van der Waals surface area contributed by atoms with Crippen LogP contribution in [0.4, 0.5) is 0 Å². The van der Waals surface area contributed by atoms with Crippen molar-refractivity contribution in [2.45, 2.75) is 110 Å². The van der Waals surface area contributed by atoms with E-state index in [1.165, 1.54) is 83.5 Å². The molecule has 0 bridgehead atoms. The molecule has 0 aliphatic heterocycles. The van der Waals surface area contributed by atoms with Gasteiger partial charge in [-0.15, -0.1) is 0 Å². The minimum atomic E-state index is -3.91. The second-order valence-electron chi connectivity index (χ2n) is 9.11. The molecule has 1 unspecified atom stereocenters. The molecule has 0 saturated carbocycles. The fourth-order valence-corrected chi connectivity index (χ4v) is 4.21. The summed E-state index contributed by atoms with van der Waals surface area (Å²) in [6.45, 7) is 6.83. The van der Waals surface area contributed by atoms with Crippen molar-refractivity contribution in [2.75, 3.05) is 40.4 Å². The smallest absolute Gasteiger partial charge is 0.327 e. The number of phosphoric ester groups is 1. The molecule has 0 radical (unpaired) electrons. The average molecular weight is 437 g/mol. The highest BCUT2D eigenvalue weighted by Gasteiger charge is 2.23. The van der Waals surface area contributed by atoms with E-state index in [1.807, 2.05) is 0 Å². The van der Waals surface area contributed by atoms with Gasteiger partial charge in [0.1, 0.15) is 13.2 Å². The van der Waals surface area contributed by atoms with Crippen LogP contribution in [0.15, 0.2) is 0 Å². The summed E-state index contributed by atoms with van der Waals surface area (Å²) in [7, 11) is 0.400. The van der Waals surface area contributed by atoms with Crippen LogP contribution < -0.4 is 0 Å². The highest BCUT2D eigenvalue weighted by molar-refractivity contribution is 7.47. The fraction of sp³-hybridized carbons (Fsp3) is 1.00. The van der Waals surface area contributed by atoms with Crippen LogP contribution >= 0.6 is 7.82 Å². The number of likely N-dealkylation sites (N-methyl/N-ethyl adjacent to an activating group) is 1. The number of nitrogens with zero attached hydrogens (tertiary/aromatic N) is 1. The molecule has 1 atom stereocenters. The summed E-state index contributed by atoms with van der Waals surface area (Å²) in [5, 5.41) is 0. The highest BCUT2D eigenvalue weighted by Crippen LogP contribution is 2.43. The van der Waals surface area contributed by atoms with E-state index in [9.17, 15) is 9.46 Å². The molecule has 0 heterocycles. The molecule has 0 fully saturated rings. The van der Waals surface area contributed by atoms with Gasteiger partial charge < -0.3 is 9.38 Å². The predicted molar refractivity (Wildman–Crippen MR) is 124 cm³/mol. The van der Waals surface area contributed by atoms with E-state index in [-0.39, 0.29) is 6.61 Å². The molecule has 0 spiro atoms. The molecule has 0 rings (SSSR count). The Bertz CT molecular complexity index is 404. The molecular formula is C23H51NO4P+. The maximum absolute atomic E-state index is 12.0. The first-order chi connectivity index (χ1) is 13.8. The van der Waals surface area contributed by atoms with Gasteiger partial charge >= 0.3 is 7.82 Å². The number of unbranched alkanes of at least 4 members (excludes halogenated alkanes) is 13. The first-order valence-corrected chi connectivity index (χ1v) is 13.8. The summed E-state index contributed by atoms with van der Waals surface area (Å²) in [4.78, 5) is 9.84. The molecule has 29 heavy (non-hydrogen) atoms. The van der Waals surface area contributed by atoms with E-state index >= 15 is 0 Å². The Labute approximate surface area is 181 Å². The van der Waals surface area contributed by atoms with Crippen LogP contribution in [0, 0.1) is 0 Å². The van der Waals surface area contributed by atoms with Crippen molar-refractivity contribution < 1.29 is 23.0 Å². The molecule has 0 amide bonds. The van der Waals surface area contributed by atoms with Gasteiger partial charge in [-0.05, 0) is 19.3 Å². The quantitative estimate of drug-likeness (QED) is 0.112. The number of phosphoric acid groups is 1. The second kappa shape index (κ2) is 18.8. The number of quaternary nitrogens is 1. The number of rotatable bonds is 22. The molecule has 0 saturated heterocycles. The topological polar surface area (TPSA) is 55.8 Å². The average Bonchev–Trinajstić information content (AvgIpc) is 2.65. The van der Waals surface area contributed by atoms with E-state index in [0.717, 1.165) is 30.4 Å². The van der Waals surface area contributed by atoms with Gasteiger partial charge in [0.2, 0.25) is 0 Å². The monoisotopic (exact) mass is 436 g/mol. The Kier molecular flexibility index (Phi) is 18.9. The lowest BCUT2D eigenvalue weighted by Crippen LogP contribution is -2.42. The van der Waals surface area contributed by atoms with E-state index < -0.39 is 7.82 Å². The van der Waals surface area contributed by atoms with Crippen LogP contribution in [0.1, 0.15) is 110 Å². The van der Waals surface area contributed by atoms with Crippen molar-refractivity contribution in [3.63, 3.8) is 0 Å². The normalized spacial score (nSPS) is 14.2. The van der Waals surface area contributed by atoms with Crippen molar-refractivity contribution in [1.29, 1.82) is 0 Å². The fourth-order valence-electron chi connectivity index (χ4n) is 3.47. The third-order valence-electron chi connectivity index (χ3n) is 5.57. The summed E-state index contributed by atoms with van der Waals surface area (Å²) in [6.07, 6.45) is 18.6. The largest absolute Gasteiger partial charge is 0.472 e. The van der Waals surface area contributed by atoms with Gasteiger partial charge in [0.05, 0.1) is 27.2 Å². The van der Waals surface area contributed by atoms with Gasteiger partial charge in [-0.3, -0.25) is 9.05 Å². The minimum Gasteiger partial charge on any atom is -0.327 e. The van der Waals surface area contributed by atoms with Crippen LogP contribution in [0.5, 0.6) is 0 Å². The van der Waals surface area contributed by atoms with Gasteiger partial charge in [-0.1, -0.05) is 90.9 Å². The van der Waals surface area contributed by atoms with Crippen molar-refractivity contribution in [3.05, 3.63) is 0 Å². The zero-order valence-electron chi connectivity index (χ0n) is 20.0. The zero-order valence-corrected chi connectivity index (χ0v) is 20.9. The molecule has 0 aromatic rings. The van der Waals surface area contributed by atoms with Gasteiger partial charge in [-0.25, -0.2) is 4.57 Å². The van der Waals surface area contributed by atoms with Gasteiger partial charge in [-0.2, -0.15) is 0 Å². The third kappa shape index (κ3) is 21.1. The Morgan fingerprint density at radius 3 is 1.55 bits per heavy atom. The van der Waals surface area contributed by atoms with Gasteiger partial charge in [0, 0.05) is 0 Å². The van der Waals surface area contributed by atoms with Crippen molar-refractivity contribution >= 4 is 7.82 Å². The number of hydrogen-bond acceptors (Lipinski definition) is 3. The van der Waals surface area contributed by atoms with Crippen LogP contribution in [-0.4, -0.2) is 49.8 Å². The van der Waals surface area contributed by atoms with Gasteiger partial charge in [0.15, 0.2) is 0 Å². The molecule has 0 aromatic heterocycles. The molecule has 0 aliphatic rings. The van der Waals surface area contributed by atoms with E-state index in [1.54, 1.807) is 0 Å². The Balaban J connectivity index is 3.64. The SMILES string of the molecule is CCCCCCCCCCCOP(=O)(O)OCC[N+](C)(C)CCCCCCCC. The Morgan fingerprint density at radius 1 is 0.621 bits per heavy atom. The summed E-state index contributed by atoms with van der Waals surface area (Å²) >= 11 is 0. The lowest BCUT2D eigenvalue weighted by Gasteiger charge is -2.29. The molecule has 176 valence electrons. The molecule has 5 nitrogen and oxygen atoms in total. The van der Waals surface area contributed by atoms with Crippen molar-refractivity contribution in [1.82, 2.24) is 0 Å². The highest BCUT2D eigenvalue weighted by atomic mass is 31.2. The molecule has 6 heteroatoms. The second-order valence-corrected chi connectivity index (χ2v) is 10.6. The van der Waals surface area contributed by atoms with Crippen LogP contribution in [0.3, 0.4) is 0 Å². The molecule has 0 aliphatic carbocycles.